The number of halogens is 2. The van der Waals surface area contributed by atoms with E-state index in [9.17, 15) is 23.5 Å². The van der Waals surface area contributed by atoms with Crippen molar-refractivity contribution in [1.29, 1.82) is 0 Å². The Hall–Kier alpha value is -2.22. The molecule has 0 bridgehead atoms. The number of ether oxygens (including phenoxy) is 2. The molecule has 1 heterocycles. The van der Waals surface area contributed by atoms with Crippen LogP contribution in [-0.2, 0) is 20.9 Å². The van der Waals surface area contributed by atoms with Crippen LogP contribution in [0.1, 0.15) is 39.2 Å². The van der Waals surface area contributed by atoms with Gasteiger partial charge in [0.1, 0.15) is 18.8 Å². The van der Waals surface area contributed by atoms with Crippen molar-refractivity contribution in [2.45, 2.75) is 51.7 Å². The zero-order chi connectivity index (χ0) is 21.0. The van der Waals surface area contributed by atoms with E-state index >= 15 is 0 Å². The lowest BCUT2D eigenvalue weighted by Gasteiger charge is -2.35. The normalized spacial score (nSPS) is 20.1. The van der Waals surface area contributed by atoms with Gasteiger partial charge in [-0.25, -0.2) is 13.6 Å². The number of amides is 1. The topological polar surface area (TPSA) is 76.1 Å². The molecule has 1 unspecified atom stereocenters. The second-order valence-corrected chi connectivity index (χ2v) is 8.12. The Morgan fingerprint density at radius 3 is 2.43 bits per heavy atom. The maximum atomic E-state index is 14.6. The molecule has 28 heavy (non-hydrogen) atoms. The highest BCUT2D eigenvalue weighted by Gasteiger charge is 2.58. The second kappa shape index (κ2) is 8.43. The van der Waals surface area contributed by atoms with Gasteiger partial charge in [-0.15, -0.1) is 0 Å². The van der Waals surface area contributed by atoms with Crippen LogP contribution in [0.5, 0.6) is 0 Å². The molecule has 1 atom stereocenters. The number of carbonyl (C=O) groups is 2. The summed E-state index contributed by atoms with van der Waals surface area (Å²) in [6.45, 7) is 3.20. The van der Waals surface area contributed by atoms with E-state index in [0.29, 0.717) is 0 Å². The molecular formula is C20H27F2NO5. The van der Waals surface area contributed by atoms with Gasteiger partial charge >= 0.3 is 12.1 Å². The number of esters is 1. The van der Waals surface area contributed by atoms with Crippen molar-refractivity contribution in [3.63, 3.8) is 0 Å². The van der Waals surface area contributed by atoms with Crippen LogP contribution >= 0.6 is 0 Å². The molecule has 0 spiro atoms. The second-order valence-electron chi connectivity index (χ2n) is 8.12. The Bertz CT molecular complexity index is 690. The van der Waals surface area contributed by atoms with Crippen molar-refractivity contribution in [1.82, 2.24) is 4.90 Å². The summed E-state index contributed by atoms with van der Waals surface area (Å²) in [5.41, 5.74) is -1.93. The molecule has 1 amide bonds. The van der Waals surface area contributed by atoms with Gasteiger partial charge in [0.15, 0.2) is 0 Å². The highest BCUT2D eigenvalue weighted by molar-refractivity contribution is 5.72. The lowest BCUT2D eigenvalue weighted by molar-refractivity contribution is -0.171. The first-order valence-corrected chi connectivity index (χ1v) is 9.14. The number of benzene rings is 1. The molecule has 1 aliphatic rings. The van der Waals surface area contributed by atoms with Gasteiger partial charge < -0.3 is 19.5 Å². The van der Waals surface area contributed by atoms with Gasteiger partial charge in [0.25, 0.3) is 5.92 Å². The zero-order valence-electron chi connectivity index (χ0n) is 16.4. The highest BCUT2D eigenvalue weighted by Crippen LogP contribution is 2.47. The summed E-state index contributed by atoms with van der Waals surface area (Å²) in [6, 6.07) is 8.88. The molecular weight excluding hydrogens is 372 g/mol. The number of alkyl halides is 2. The SMILES string of the molecule is CC(C)(C)OC(=O)N1CCC(CC(=O)OCc2ccccc2)(C(F)(F)CO)C1. The van der Waals surface area contributed by atoms with Crippen LogP contribution in [0.25, 0.3) is 0 Å². The summed E-state index contributed by atoms with van der Waals surface area (Å²) in [5.74, 6) is -4.35. The number of hydrogen-bond donors (Lipinski definition) is 1. The molecule has 0 saturated carbocycles. The highest BCUT2D eigenvalue weighted by atomic mass is 19.3. The Balaban J connectivity index is 2.08. The first kappa shape index (κ1) is 22.1. The molecule has 1 fully saturated rings. The number of nitrogens with zero attached hydrogens (tertiary/aromatic N) is 1. The molecule has 1 N–H and O–H groups in total. The quantitative estimate of drug-likeness (QED) is 0.743. The minimum atomic E-state index is -3.55. The minimum absolute atomic E-state index is 0.0104. The Morgan fingerprint density at radius 2 is 1.86 bits per heavy atom. The zero-order valence-corrected chi connectivity index (χ0v) is 16.4. The summed E-state index contributed by atoms with van der Waals surface area (Å²) in [4.78, 5) is 25.7. The number of likely N-dealkylation sites (tertiary alicyclic amines) is 1. The van der Waals surface area contributed by atoms with Gasteiger partial charge in [0.2, 0.25) is 0 Å². The third kappa shape index (κ3) is 5.41. The van der Waals surface area contributed by atoms with Crippen molar-refractivity contribution in [2.24, 2.45) is 5.41 Å². The van der Waals surface area contributed by atoms with Crippen molar-refractivity contribution in [3.05, 3.63) is 35.9 Å². The van der Waals surface area contributed by atoms with E-state index < -0.39 is 48.6 Å². The molecule has 156 valence electrons. The summed E-state index contributed by atoms with van der Waals surface area (Å²) < 4.78 is 39.5. The van der Waals surface area contributed by atoms with E-state index in [1.165, 1.54) is 0 Å². The fraction of sp³-hybridized carbons (Fsp3) is 0.600. The molecule has 0 aliphatic carbocycles. The van der Waals surface area contributed by atoms with E-state index in [4.69, 9.17) is 9.47 Å². The smallest absolute Gasteiger partial charge is 0.410 e. The number of rotatable bonds is 6. The third-order valence-electron chi connectivity index (χ3n) is 4.71. The van der Waals surface area contributed by atoms with Crippen LogP contribution < -0.4 is 0 Å². The van der Waals surface area contributed by atoms with Crippen LogP contribution in [-0.4, -0.2) is 53.3 Å². The van der Waals surface area contributed by atoms with Crippen molar-refractivity contribution in [2.75, 3.05) is 19.7 Å². The molecule has 8 heteroatoms. The Labute approximate surface area is 163 Å². The molecule has 0 aromatic heterocycles. The largest absolute Gasteiger partial charge is 0.461 e. The Morgan fingerprint density at radius 1 is 1.21 bits per heavy atom. The number of aliphatic hydroxyl groups is 1. The predicted octanol–water partition coefficient (Wildman–Crippen LogP) is 3.37. The summed E-state index contributed by atoms with van der Waals surface area (Å²) in [7, 11) is 0. The van der Waals surface area contributed by atoms with Crippen LogP contribution in [0.3, 0.4) is 0 Å². The average Bonchev–Trinajstić information content (AvgIpc) is 3.05. The maximum Gasteiger partial charge on any atom is 0.410 e. The molecule has 1 saturated heterocycles. The maximum absolute atomic E-state index is 14.6. The minimum Gasteiger partial charge on any atom is -0.461 e. The summed E-state index contributed by atoms with van der Waals surface area (Å²) in [6.07, 6.45) is -1.46. The Kier molecular flexibility index (Phi) is 6.64. The number of aliphatic hydroxyl groups excluding tert-OH is 1. The van der Waals surface area contributed by atoms with E-state index in [0.717, 1.165) is 10.5 Å². The van der Waals surface area contributed by atoms with E-state index in [2.05, 4.69) is 0 Å². The number of carbonyl (C=O) groups excluding carboxylic acids is 2. The predicted molar refractivity (Wildman–Crippen MR) is 97.7 cm³/mol. The lowest BCUT2D eigenvalue weighted by atomic mass is 9.77. The van der Waals surface area contributed by atoms with E-state index in [1.807, 2.05) is 6.07 Å². The molecule has 0 radical (unpaired) electrons. The lowest BCUT2D eigenvalue weighted by Crippen LogP contribution is -2.48. The van der Waals surface area contributed by atoms with E-state index in [-0.39, 0.29) is 19.6 Å². The standard InChI is InChI=1S/C20H27F2NO5/c1-18(2,3)28-17(26)23-10-9-19(13-23,20(21,22)14-24)11-16(25)27-12-15-7-5-4-6-8-15/h4-8,24H,9-14H2,1-3H3. The average molecular weight is 399 g/mol. The van der Waals surface area contributed by atoms with Crippen molar-refractivity contribution in [3.8, 4) is 0 Å². The third-order valence-corrected chi connectivity index (χ3v) is 4.71. The van der Waals surface area contributed by atoms with Gasteiger partial charge in [0, 0.05) is 13.1 Å². The van der Waals surface area contributed by atoms with Crippen LogP contribution in [0, 0.1) is 5.41 Å². The van der Waals surface area contributed by atoms with Crippen LogP contribution in [0.2, 0.25) is 0 Å². The fourth-order valence-corrected chi connectivity index (χ4v) is 3.16. The molecule has 2 rings (SSSR count). The van der Waals surface area contributed by atoms with Crippen LogP contribution in [0.4, 0.5) is 13.6 Å². The van der Waals surface area contributed by atoms with Gasteiger partial charge in [-0.3, -0.25) is 4.79 Å². The fourth-order valence-electron chi connectivity index (χ4n) is 3.16. The molecule has 6 nitrogen and oxygen atoms in total. The van der Waals surface area contributed by atoms with Crippen LogP contribution in [0.15, 0.2) is 30.3 Å². The molecule has 1 aliphatic heterocycles. The first-order valence-electron chi connectivity index (χ1n) is 9.14. The van der Waals surface area contributed by atoms with Gasteiger partial charge in [-0.05, 0) is 32.8 Å². The van der Waals surface area contributed by atoms with Crippen molar-refractivity contribution < 1.29 is 33.0 Å². The van der Waals surface area contributed by atoms with Crippen molar-refractivity contribution >= 4 is 12.1 Å². The number of hydrogen-bond acceptors (Lipinski definition) is 5. The molecule has 1 aromatic rings. The summed E-state index contributed by atoms with van der Waals surface area (Å²) in [5, 5.41) is 9.21. The molecule has 1 aromatic carbocycles. The van der Waals surface area contributed by atoms with Gasteiger partial charge in [-0.1, -0.05) is 30.3 Å². The summed E-state index contributed by atoms with van der Waals surface area (Å²) >= 11 is 0. The monoisotopic (exact) mass is 399 g/mol. The van der Waals surface area contributed by atoms with E-state index in [1.54, 1.807) is 45.0 Å². The van der Waals surface area contributed by atoms with Gasteiger partial charge in [-0.2, -0.15) is 0 Å². The van der Waals surface area contributed by atoms with Gasteiger partial charge in [0.05, 0.1) is 11.8 Å². The first-order chi connectivity index (χ1) is 13.0.